The smallest absolute Gasteiger partial charge is 0.433 e. The van der Waals surface area contributed by atoms with Gasteiger partial charge in [-0.1, -0.05) is 0 Å². The number of alkyl halides is 3. The molecule has 5 nitrogen and oxygen atoms in total. The molecule has 0 bridgehead atoms. The third-order valence-electron chi connectivity index (χ3n) is 2.23. The molecule has 3 N–H and O–H groups in total. The maximum absolute atomic E-state index is 13.1. The molecule has 0 aliphatic heterocycles. The third-order valence-corrected chi connectivity index (χ3v) is 2.89. The number of nitrogens with one attached hydrogen (secondary N) is 1. The molecule has 0 aliphatic carbocycles. The van der Waals surface area contributed by atoms with Gasteiger partial charge in [-0.15, -0.1) is 0 Å². The summed E-state index contributed by atoms with van der Waals surface area (Å²) in [4.78, 5) is 6.79. The largest absolute Gasteiger partial charge is 0.438 e. The van der Waals surface area contributed by atoms with Gasteiger partial charge in [0.05, 0.1) is 4.47 Å². The van der Waals surface area contributed by atoms with Crippen molar-refractivity contribution in [3.63, 3.8) is 0 Å². The number of rotatable bonds is 3. The average molecular weight is 367 g/mol. The molecule has 0 fully saturated rings. The van der Waals surface area contributed by atoms with Gasteiger partial charge in [-0.2, -0.15) is 18.2 Å². The summed E-state index contributed by atoms with van der Waals surface area (Å²) in [6.45, 7) is 0. The van der Waals surface area contributed by atoms with E-state index in [4.69, 9.17) is 10.6 Å². The van der Waals surface area contributed by atoms with E-state index in [0.29, 0.717) is 10.5 Å². The molecule has 0 saturated heterocycles. The molecule has 1 aromatic carbocycles. The van der Waals surface area contributed by atoms with Crippen molar-refractivity contribution in [2.24, 2.45) is 5.84 Å². The van der Waals surface area contributed by atoms with Crippen LogP contribution in [0.4, 0.5) is 23.5 Å². The Balaban J connectivity index is 2.42. The number of hydrazine groups is 1. The monoisotopic (exact) mass is 366 g/mol. The number of hydrogen-bond acceptors (Lipinski definition) is 5. The van der Waals surface area contributed by atoms with Crippen molar-refractivity contribution in [2.75, 3.05) is 5.43 Å². The van der Waals surface area contributed by atoms with Crippen LogP contribution in [0.3, 0.4) is 0 Å². The maximum Gasteiger partial charge on any atom is 0.433 e. The second-order valence-electron chi connectivity index (χ2n) is 3.73. The summed E-state index contributed by atoms with van der Waals surface area (Å²) in [7, 11) is 0. The highest BCUT2D eigenvalue weighted by molar-refractivity contribution is 9.10. The molecule has 2 aromatic rings. The first kappa shape index (κ1) is 15.4. The number of hydrogen-bond donors (Lipinski definition) is 2. The summed E-state index contributed by atoms with van der Waals surface area (Å²) in [6.07, 6.45) is -4.70. The number of nitrogens with zero attached hydrogens (tertiary/aromatic N) is 2. The molecule has 0 unspecified atom stereocenters. The molecule has 0 radical (unpaired) electrons. The zero-order valence-corrected chi connectivity index (χ0v) is 11.7. The molecular formula is C11H7BrF4N4O. The first-order valence-corrected chi connectivity index (χ1v) is 6.14. The van der Waals surface area contributed by atoms with Gasteiger partial charge in [0.2, 0.25) is 11.8 Å². The minimum atomic E-state index is -4.70. The van der Waals surface area contributed by atoms with Gasteiger partial charge in [-0.05, 0) is 28.1 Å². The van der Waals surface area contributed by atoms with E-state index in [1.807, 2.05) is 5.43 Å². The summed E-state index contributed by atoms with van der Waals surface area (Å²) in [5.74, 6) is 3.45. The average Bonchev–Trinajstić information content (AvgIpc) is 2.41. The number of benzene rings is 1. The topological polar surface area (TPSA) is 73.1 Å². The third kappa shape index (κ3) is 3.79. The molecule has 10 heteroatoms. The Kier molecular flexibility index (Phi) is 4.28. The van der Waals surface area contributed by atoms with Crippen molar-refractivity contribution in [3.8, 4) is 11.6 Å². The van der Waals surface area contributed by atoms with Crippen LogP contribution in [0.1, 0.15) is 5.69 Å². The molecule has 0 aliphatic rings. The van der Waals surface area contributed by atoms with Crippen molar-refractivity contribution in [2.45, 2.75) is 6.18 Å². The fourth-order valence-corrected chi connectivity index (χ4v) is 1.68. The van der Waals surface area contributed by atoms with E-state index in [1.54, 1.807) is 0 Å². The summed E-state index contributed by atoms with van der Waals surface area (Å²) in [6, 6.07) is 4.08. The summed E-state index contributed by atoms with van der Waals surface area (Å²) in [5.41, 5.74) is 0.661. The van der Waals surface area contributed by atoms with Crippen molar-refractivity contribution in [3.05, 3.63) is 40.2 Å². The Morgan fingerprint density at radius 1 is 1.19 bits per heavy atom. The predicted octanol–water partition coefficient (Wildman–Crippen LogP) is 3.47. The molecule has 1 aromatic heterocycles. The number of nitrogens with two attached hydrogens (primary N) is 1. The molecule has 0 spiro atoms. The van der Waals surface area contributed by atoms with E-state index in [-0.39, 0.29) is 5.75 Å². The second kappa shape index (κ2) is 5.82. The van der Waals surface area contributed by atoms with Crippen LogP contribution < -0.4 is 16.0 Å². The number of aromatic nitrogens is 2. The molecular weight excluding hydrogens is 360 g/mol. The fourth-order valence-electron chi connectivity index (χ4n) is 1.36. The number of nitrogen functional groups attached to an aromatic ring is 1. The number of halogens is 5. The van der Waals surface area contributed by atoms with Gasteiger partial charge >= 0.3 is 6.18 Å². The van der Waals surface area contributed by atoms with Crippen LogP contribution in [0, 0.1) is 5.82 Å². The number of anilines is 1. The molecule has 0 amide bonds. The van der Waals surface area contributed by atoms with Gasteiger partial charge < -0.3 is 4.74 Å². The Morgan fingerprint density at radius 3 is 2.52 bits per heavy atom. The lowest BCUT2D eigenvalue weighted by molar-refractivity contribution is -0.141. The SMILES string of the molecule is NNc1nc(Oc2cc(F)ccc2Br)cc(C(F)(F)F)n1. The molecule has 112 valence electrons. The lowest BCUT2D eigenvalue weighted by atomic mass is 10.3. The highest BCUT2D eigenvalue weighted by Gasteiger charge is 2.34. The zero-order chi connectivity index (χ0) is 15.6. The summed E-state index contributed by atoms with van der Waals surface area (Å²) >= 11 is 3.08. The van der Waals surface area contributed by atoms with Gasteiger partial charge in [0.15, 0.2) is 5.69 Å². The minimum absolute atomic E-state index is 0.0372. The molecule has 2 rings (SSSR count). The van der Waals surface area contributed by atoms with Crippen LogP contribution in [-0.4, -0.2) is 9.97 Å². The van der Waals surface area contributed by atoms with Crippen LogP contribution >= 0.6 is 15.9 Å². The van der Waals surface area contributed by atoms with Gasteiger partial charge in [0, 0.05) is 12.1 Å². The Hall–Kier alpha value is -1.94. The van der Waals surface area contributed by atoms with Crippen LogP contribution in [-0.2, 0) is 6.18 Å². The normalized spacial score (nSPS) is 11.3. The Bertz CT molecular complexity index is 665. The second-order valence-corrected chi connectivity index (χ2v) is 4.59. The van der Waals surface area contributed by atoms with E-state index in [2.05, 4.69) is 25.9 Å². The van der Waals surface area contributed by atoms with Crippen LogP contribution in [0.2, 0.25) is 0 Å². The first-order chi connectivity index (χ1) is 9.79. The molecule has 0 saturated carbocycles. The lowest BCUT2D eigenvalue weighted by Crippen LogP contribution is -2.15. The van der Waals surface area contributed by atoms with Crippen LogP contribution in [0.15, 0.2) is 28.7 Å². The van der Waals surface area contributed by atoms with Gasteiger partial charge in [0.25, 0.3) is 0 Å². The highest BCUT2D eigenvalue weighted by Crippen LogP contribution is 2.33. The van der Waals surface area contributed by atoms with E-state index in [0.717, 1.165) is 12.1 Å². The summed E-state index contributed by atoms with van der Waals surface area (Å²) in [5, 5.41) is 0. The van der Waals surface area contributed by atoms with Crippen molar-refractivity contribution in [1.82, 2.24) is 9.97 Å². The van der Waals surface area contributed by atoms with E-state index in [9.17, 15) is 17.6 Å². The van der Waals surface area contributed by atoms with E-state index >= 15 is 0 Å². The molecule has 0 atom stereocenters. The highest BCUT2D eigenvalue weighted by atomic mass is 79.9. The van der Waals surface area contributed by atoms with Gasteiger partial charge in [-0.25, -0.2) is 15.2 Å². The molecule has 1 heterocycles. The quantitative estimate of drug-likeness (QED) is 0.494. The fraction of sp³-hybridized carbons (Fsp3) is 0.0909. The Morgan fingerprint density at radius 2 is 1.90 bits per heavy atom. The van der Waals surface area contributed by atoms with Crippen molar-refractivity contribution >= 4 is 21.9 Å². The van der Waals surface area contributed by atoms with Crippen LogP contribution in [0.25, 0.3) is 0 Å². The van der Waals surface area contributed by atoms with E-state index in [1.165, 1.54) is 6.07 Å². The lowest BCUT2D eigenvalue weighted by Gasteiger charge is -2.11. The molecule has 21 heavy (non-hydrogen) atoms. The Labute approximate surface area is 124 Å². The minimum Gasteiger partial charge on any atom is -0.438 e. The van der Waals surface area contributed by atoms with Gasteiger partial charge in [-0.3, -0.25) is 5.43 Å². The summed E-state index contributed by atoms with van der Waals surface area (Å²) < 4.78 is 56.6. The van der Waals surface area contributed by atoms with E-state index < -0.39 is 29.5 Å². The maximum atomic E-state index is 13.1. The number of ether oxygens (including phenoxy) is 1. The van der Waals surface area contributed by atoms with Crippen molar-refractivity contribution < 1.29 is 22.3 Å². The standard InChI is InChI=1S/C11H7BrF4N4O/c12-6-2-1-5(13)3-7(6)21-9-4-8(11(14,15)16)18-10(19-9)20-17/h1-4H,17H2,(H,18,19,20). The van der Waals surface area contributed by atoms with Gasteiger partial charge in [0.1, 0.15) is 11.6 Å². The predicted molar refractivity (Wildman–Crippen MR) is 69.0 cm³/mol. The zero-order valence-electron chi connectivity index (χ0n) is 10.1. The van der Waals surface area contributed by atoms with Crippen LogP contribution in [0.5, 0.6) is 11.6 Å². The van der Waals surface area contributed by atoms with Crippen molar-refractivity contribution in [1.29, 1.82) is 0 Å². The first-order valence-electron chi connectivity index (χ1n) is 5.35.